The fraction of sp³-hybridized carbons (Fsp3) is 0.318. The molecule has 0 bridgehead atoms. The predicted octanol–water partition coefficient (Wildman–Crippen LogP) is 4.29. The van der Waals surface area contributed by atoms with E-state index in [2.05, 4.69) is 27.6 Å². The van der Waals surface area contributed by atoms with Crippen molar-refractivity contribution in [2.45, 2.75) is 32.7 Å². The monoisotopic (exact) mass is 427 g/mol. The van der Waals surface area contributed by atoms with E-state index in [1.165, 1.54) is 5.56 Å². The van der Waals surface area contributed by atoms with Gasteiger partial charge in [-0.2, -0.15) is 5.10 Å². The van der Waals surface area contributed by atoms with Crippen molar-refractivity contribution in [3.8, 4) is 11.6 Å². The first-order valence-electron chi connectivity index (χ1n) is 9.87. The Bertz CT molecular complexity index is 997. The van der Waals surface area contributed by atoms with E-state index >= 15 is 0 Å². The number of piperidine rings is 1. The molecule has 1 aromatic carbocycles. The molecule has 0 radical (unpaired) electrons. The lowest BCUT2D eigenvalue weighted by atomic mass is 10.1. The molecule has 7 nitrogen and oxygen atoms in total. The molecule has 158 valence electrons. The summed E-state index contributed by atoms with van der Waals surface area (Å²) in [6, 6.07) is 11.5. The summed E-state index contributed by atoms with van der Waals surface area (Å²) >= 11 is 0. The summed E-state index contributed by atoms with van der Waals surface area (Å²) in [5, 5.41) is 10.6. The van der Waals surface area contributed by atoms with Gasteiger partial charge in [0.2, 0.25) is 5.88 Å². The number of pyridine rings is 1. The van der Waals surface area contributed by atoms with Gasteiger partial charge in [0, 0.05) is 18.8 Å². The number of carbonyl (C=O) groups is 1. The van der Waals surface area contributed by atoms with Crippen molar-refractivity contribution in [2.75, 3.05) is 18.4 Å². The number of aromatic nitrogens is 3. The Morgan fingerprint density at radius 1 is 1.20 bits per heavy atom. The van der Waals surface area contributed by atoms with Gasteiger partial charge < -0.3 is 15.4 Å². The molecule has 2 aromatic heterocycles. The SMILES string of the molecule is Cc1ccc(Oc2ccc(NC(=O)c3ccn(C4CCCNC4)n3)cn2)cc1C.Cl. The molecular formula is C22H26ClN5O2. The van der Waals surface area contributed by atoms with Crippen molar-refractivity contribution in [3.63, 3.8) is 0 Å². The van der Waals surface area contributed by atoms with E-state index in [0.717, 1.165) is 37.2 Å². The summed E-state index contributed by atoms with van der Waals surface area (Å²) in [4.78, 5) is 16.8. The molecule has 3 aromatic rings. The second kappa shape index (κ2) is 9.73. The highest BCUT2D eigenvalue weighted by molar-refractivity contribution is 6.02. The maximum Gasteiger partial charge on any atom is 0.276 e. The number of amides is 1. The molecule has 0 saturated carbocycles. The minimum absolute atomic E-state index is 0. The van der Waals surface area contributed by atoms with E-state index < -0.39 is 0 Å². The molecule has 3 heterocycles. The van der Waals surface area contributed by atoms with E-state index in [-0.39, 0.29) is 18.3 Å². The highest BCUT2D eigenvalue weighted by Crippen LogP contribution is 2.23. The fourth-order valence-electron chi connectivity index (χ4n) is 3.33. The van der Waals surface area contributed by atoms with Crippen LogP contribution in [0.4, 0.5) is 5.69 Å². The molecule has 1 aliphatic heterocycles. The number of rotatable bonds is 5. The van der Waals surface area contributed by atoms with Crippen molar-refractivity contribution < 1.29 is 9.53 Å². The molecular weight excluding hydrogens is 402 g/mol. The number of hydrogen-bond donors (Lipinski definition) is 2. The fourth-order valence-corrected chi connectivity index (χ4v) is 3.33. The van der Waals surface area contributed by atoms with Gasteiger partial charge >= 0.3 is 0 Å². The topological polar surface area (TPSA) is 81.1 Å². The van der Waals surface area contributed by atoms with Crippen LogP contribution in [0.2, 0.25) is 0 Å². The average Bonchev–Trinajstić information content (AvgIpc) is 3.23. The minimum Gasteiger partial charge on any atom is -0.439 e. The first-order valence-corrected chi connectivity index (χ1v) is 9.87. The van der Waals surface area contributed by atoms with Gasteiger partial charge in [-0.25, -0.2) is 4.98 Å². The highest BCUT2D eigenvalue weighted by atomic mass is 35.5. The normalized spacial score (nSPS) is 15.9. The summed E-state index contributed by atoms with van der Waals surface area (Å²) in [5.74, 6) is 0.956. The first-order chi connectivity index (χ1) is 14.1. The van der Waals surface area contributed by atoms with Crippen LogP contribution >= 0.6 is 12.4 Å². The lowest BCUT2D eigenvalue weighted by Gasteiger charge is -2.22. The quantitative estimate of drug-likeness (QED) is 0.635. The first kappa shape index (κ1) is 21.8. The number of hydrogen-bond acceptors (Lipinski definition) is 5. The van der Waals surface area contributed by atoms with Gasteiger partial charge in [0.15, 0.2) is 5.69 Å². The van der Waals surface area contributed by atoms with Crippen LogP contribution in [0.3, 0.4) is 0 Å². The third kappa shape index (κ3) is 5.17. The number of nitrogens with zero attached hydrogens (tertiary/aromatic N) is 3. The van der Waals surface area contributed by atoms with E-state index in [1.807, 2.05) is 36.0 Å². The largest absolute Gasteiger partial charge is 0.439 e. The van der Waals surface area contributed by atoms with Crippen molar-refractivity contribution >= 4 is 24.0 Å². The smallest absolute Gasteiger partial charge is 0.276 e. The van der Waals surface area contributed by atoms with Crippen LogP contribution in [-0.4, -0.2) is 33.8 Å². The number of ether oxygens (including phenoxy) is 1. The Labute approximate surface area is 182 Å². The Kier molecular flexibility index (Phi) is 7.07. The van der Waals surface area contributed by atoms with E-state index in [0.29, 0.717) is 23.3 Å². The maximum absolute atomic E-state index is 12.5. The van der Waals surface area contributed by atoms with E-state index in [9.17, 15) is 4.79 Å². The van der Waals surface area contributed by atoms with Crippen molar-refractivity contribution in [3.05, 3.63) is 65.6 Å². The predicted molar refractivity (Wildman–Crippen MR) is 119 cm³/mol. The Balaban J connectivity index is 0.00000256. The lowest BCUT2D eigenvalue weighted by molar-refractivity contribution is 0.102. The second-order valence-electron chi connectivity index (χ2n) is 7.37. The number of benzene rings is 1. The molecule has 1 amide bonds. The molecule has 8 heteroatoms. The second-order valence-corrected chi connectivity index (χ2v) is 7.37. The third-order valence-electron chi connectivity index (χ3n) is 5.18. The molecule has 1 saturated heterocycles. The van der Waals surface area contributed by atoms with Crippen LogP contribution in [0.15, 0.2) is 48.8 Å². The van der Waals surface area contributed by atoms with Crippen LogP contribution in [0.5, 0.6) is 11.6 Å². The van der Waals surface area contributed by atoms with Crippen LogP contribution < -0.4 is 15.4 Å². The number of halogens is 1. The number of carbonyl (C=O) groups excluding carboxylic acids is 1. The van der Waals surface area contributed by atoms with Crippen LogP contribution in [0.25, 0.3) is 0 Å². The van der Waals surface area contributed by atoms with Gasteiger partial charge in [-0.15, -0.1) is 12.4 Å². The maximum atomic E-state index is 12.5. The van der Waals surface area contributed by atoms with E-state index in [4.69, 9.17) is 4.74 Å². The van der Waals surface area contributed by atoms with Gasteiger partial charge in [0.25, 0.3) is 5.91 Å². The van der Waals surface area contributed by atoms with Gasteiger partial charge in [-0.05, 0) is 68.6 Å². The molecule has 1 atom stereocenters. The molecule has 4 rings (SSSR count). The number of aryl methyl sites for hydroxylation is 2. The third-order valence-corrected chi connectivity index (χ3v) is 5.18. The molecule has 0 aliphatic carbocycles. The molecule has 2 N–H and O–H groups in total. The van der Waals surface area contributed by atoms with Crippen LogP contribution in [0.1, 0.15) is 40.5 Å². The standard InChI is InChI=1S/C22H25N5O2.ClH/c1-15-5-7-19(12-16(15)2)29-21-8-6-17(13-24-21)25-22(28)20-9-11-27(26-20)18-4-3-10-23-14-18;/h5-9,11-13,18,23H,3-4,10,14H2,1-2H3,(H,25,28);1H. The summed E-state index contributed by atoms with van der Waals surface area (Å²) in [5.41, 5.74) is 3.36. The Hall–Kier alpha value is -2.90. The molecule has 1 fully saturated rings. The van der Waals surface area contributed by atoms with Crippen molar-refractivity contribution in [2.24, 2.45) is 0 Å². The molecule has 1 unspecified atom stereocenters. The summed E-state index contributed by atoms with van der Waals surface area (Å²) in [7, 11) is 0. The summed E-state index contributed by atoms with van der Waals surface area (Å²) in [6.45, 7) is 6.03. The average molecular weight is 428 g/mol. The van der Waals surface area contributed by atoms with Crippen LogP contribution in [-0.2, 0) is 0 Å². The molecule has 0 spiro atoms. The minimum atomic E-state index is -0.253. The Morgan fingerprint density at radius 2 is 2.07 bits per heavy atom. The zero-order valence-corrected chi connectivity index (χ0v) is 17.9. The number of nitrogens with one attached hydrogen (secondary N) is 2. The molecule has 1 aliphatic rings. The highest BCUT2D eigenvalue weighted by Gasteiger charge is 2.18. The van der Waals surface area contributed by atoms with Gasteiger partial charge in [0.1, 0.15) is 5.75 Å². The van der Waals surface area contributed by atoms with Gasteiger partial charge in [0.05, 0.1) is 17.9 Å². The van der Waals surface area contributed by atoms with Crippen LogP contribution in [0, 0.1) is 13.8 Å². The van der Waals surface area contributed by atoms with Crippen molar-refractivity contribution in [1.82, 2.24) is 20.1 Å². The summed E-state index contributed by atoms with van der Waals surface area (Å²) in [6.07, 6.45) is 5.64. The van der Waals surface area contributed by atoms with Crippen molar-refractivity contribution in [1.29, 1.82) is 0 Å². The number of anilines is 1. The summed E-state index contributed by atoms with van der Waals surface area (Å²) < 4.78 is 7.66. The molecule has 30 heavy (non-hydrogen) atoms. The Morgan fingerprint density at radius 3 is 2.77 bits per heavy atom. The van der Waals surface area contributed by atoms with Gasteiger partial charge in [-0.3, -0.25) is 9.48 Å². The van der Waals surface area contributed by atoms with E-state index in [1.54, 1.807) is 24.4 Å². The lowest BCUT2D eigenvalue weighted by Crippen LogP contribution is -2.32. The zero-order chi connectivity index (χ0) is 20.2. The van der Waals surface area contributed by atoms with Gasteiger partial charge in [-0.1, -0.05) is 6.07 Å². The zero-order valence-electron chi connectivity index (χ0n) is 17.1.